The molecule has 0 radical (unpaired) electrons. The summed E-state index contributed by atoms with van der Waals surface area (Å²) in [5.41, 5.74) is 3.79. The lowest BCUT2D eigenvalue weighted by molar-refractivity contribution is -0.402. The molecule has 10 nitrogen and oxygen atoms in total. The number of rotatable bonds is 9. The molecule has 0 unspecified atom stereocenters. The molecule has 32 heavy (non-hydrogen) atoms. The number of hydrazone groups is 1. The summed E-state index contributed by atoms with van der Waals surface area (Å²) in [5, 5.41) is 14.3. The number of nitro groups is 1. The number of nitrogens with zero attached hydrogens (tertiary/aromatic N) is 2. The molecule has 1 heterocycles. The summed E-state index contributed by atoms with van der Waals surface area (Å²) >= 11 is 0. The molecule has 0 aliphatic carbocycles. The minimum Gasteiger partial charge on any atom is -0.400 e. The highest BCUT2D eigenvalue weighted by Gasteiger charge is 2.23. The van der Waals surface area contributed by atoms with Gasteiger partial charge in [0.15, 0.2) is 5.76 Å². The third-order valence-corrected chi connectivity index (χ3v) is 5.88. The Bertz CT molecular complexity index is 1220. The number of nitrogens with one attached hydrogen (secondary N) is 2. The van der Waals surface area contributed by atoms with Gasteiger partial charge in [0.05, 0.1) is 23.2 Å². The molecule has 2 N–H and O–H groups in total. The van der Waals surface area contributed by atoms with E-state index in [-0.39, 0.29) is 17.1 Å². The van der Waals surface area contributed by atoms with Gasteiger partial charge in [0.2, 0.25) is 15.9 Å². The van der Waals surface area contributed by atoms with Crippen LogP contribution in [-0.4, -0.2) is 25.5 Å². The summed E-state index contributed by atoms with van der Waals surface area (Å²) in [5.74, 6) is -0.938. The second kappa shape index (κ2) is 9.98. The van der Waals surface area contributed by atoms with Crippen molar-refractivity contribution >= 4 is 28.0 Å². The van der Waals surface area contributed by atoms with Gasteiger partial charge in [-0.3, -0.25) is 14.9 Å². The zero-order chi connectivity index (χ0) is 23.1. The lowest BCUT2D eigenvalue weighted by Gasteiger charge is -2.18. The van der Waals surface area contributed by atoms with Gasteiger partial charge >= 0.3 is 5.88 Å². The Morgan fingerprint density at radius 2 is 1.81 bits per heavy atom. The van der Waals surface area contributed by atoms with Crippen LogP contribution in [0.25, 0.3) is 0 Å². The third-order valence-electron chi connectivity index (χ3n) is 4.39. The SMILES string of the molecule is Cc1ccc(S(=O)(=O)N[C@@H](CC(=O)N/N=C\c2ccc([N+](=O)[O-])o2)c2ccccc2)cc1. The van der Waals surface area contributed by atoms with E-state index >= 15 is 0 Å². The maximum absolute atomic E-state index is 12.8. The summed E-state index contributed by atoms with van der Waals surface area (Å²) in [6.07, 6.45) is 0.879. The first-order valence-corrected chi connectivity index (χ1v) is 10.9. The maximum atomic E-state index is 12.8. The van der Waals surface area contributed by atoms with Gasteiger partial charge in [-0.2, -0.15) is 5.10 Å². The average Bonchev–Trinajstić information content (AvgIpc) is 3.23. The normalized spacial score (nSPS) is 12.5. The largest absolute Gasteiger partial charge is 0.433 e. The molecular formula is C21H20N4O6S. The summed E-state index contributed by atoms with van der Waals surface area (Å²) in [4.78, 5) is 22.4. The van der Waals surface area contributed by atoms with Crippen molar-refractivity contribution in [2.45, 2.75) is 24.3 Å². The highest BCUT2D eigenvalue weighted by Crippen LogP contribution is 2.21. The predicted molar refractivity (Wildman–Crippen MR) is 116 cm³/mol. The van der Waals surface area contributed by atoms with Crippen LogP contribution in [0.3, 0.4) is 0 Å². The molecule has 0 saturated heterocycles. The minimum atomic E-state index is -3.89. The molecular weight excluding hydrogens is 436 g/mol. The van der Waals surface area contributed by atoms with Gasteiger partial charge in [0, 0.05) is 6.42 Å². The predicted octanol–water partition coefficient (Wildman–Crippen LogP) is 3.06. The van der Waals surface area contributed by atoms with Crippen LogP contribution in [0.5, 0.6) is 0 Å². The van der Waals surface area contributed by atoms with Gasteiger partial charge in [-0.1, -0.05) is 48.0 Å². The molecule has 3 aromatic rings. The molecule has 1 aromatic heterocycles. The van der Waals surface area contributed by atoms with Crippen LogP contribution in [0, 0.1) is 17.0 Å². The summed E-state index contributed by atoms with van der Waals surface area (Å²) in [6.45, 7) is 1.85. The van der Waals surface area contributed by atoms with Crippen LogP contribution in [0.2, 0.25) is 0 Å². The summed E-state index contributed by atoms with van der Waals surface area (Å²) in [6, 6.07) is 16.7. The Morgan fingerprint density at radius 3 is 2.44 bits per heavy atom. The number of amides is 1. The summed E-state index contributed by atoms with van der Waals surface area (Å²) in [7, 11) is -3.89. The molecule has 2 aromatic carbocycles. The van der Waals surface area contributed by atoms with Crippen LogP contribution in [0.15, 0.2) is 81.1 Å². The van der Waals surface area contributed by atoms with Crippen LogP contribution in [-0.2, 0) is 14.8 Å². The zero-order valence-electron chi connectivity index (χ0n) is 17.0. The van der Waals surface area contributed by atoms with Gasteiger partial charge < -0.3 is 4.42 Å². The molecule has 11 heteroatoms. The highest BCUT2D eigenvalue weighted by atomic mass is 32.2. The van der Waals surface area contributed by atoms with Crippen molar-refractivity contribution in [3.05, 3.63) is 93.7 Å². The molecule has 0 aliphatic heterocycles. The Hall–Kier alpha value is -3.83. The van der Waals surface area contributed by atoms with E-state index < -0.39 is 32.8 Å². The molecule has 0 aliphatic rings. The maximum Gasteiger partial charge on any atom is 0.433 e. The Balaban J connectivity index is 1.71. The van der Waals surface area contributed by atoms with Crippen molar-refractivity contribution in [1.82, 2.24) is 10.1 Å². The standard InChI is InChI=1S/C21H20N4O6S/c1-15-7-10-18(11-8-15)32(29,30)24-19(16-5-3-2-4-6-16)13-20(26)23-22-14-17-9-12-21(31-17)25(27)28/h2-12,14,19,24H,13H2,1H3,(H,23,26)/b22-14-/t19-/m0/s1. The second-order valence-electron chi connectivity index (χ2n) is 6.83. The van der Waals surface area contributed by atoms with E-state index in [1.165, 1.54) is 18.2 Å². The fraction of sp³-hybridized carbons (Fsp3) is 0.143. The number of benzene rings is 2. The van der Waals surface area contributed by atoms with E-state index in [1.54, 1.807) is 42.5 Å². The molecule has 3 rings (SSSR count). The Labute approximate surface area is 184 Å². The van der Waals surface area contributed by atoms with Gasteiger partial charge in [-0.05, 0) is 30.7 Å². The van der Waals surface area contributed by atoms with Crippen molar-refractivity contribution in [3.63, 3.8) is 0 Å². The van der Waals surface area contributed by atoms with Crippen molar-refractivity contribution in [1.29, 1.82) is 0 Å². The number of carbonyl (C=O) groups excluding carboxylic acids is 1. The van der Waals surface area contributed by atoms with Crippen molar-refractivity contribution in [2.75, 3.05) is 0 Å². The first-order chi connectivity index (χ1) is 15.2. The Morgan fingerprint density at radius 1 is 1.12 bits per heavy atom. The van der Waals surface area contributed by atoms with Gasteiger partial charge in [0.25, 0.3) is 0 Å². The zero-order valence-corrected chi connectivity index (χ0v) is 17.8. The quantitative estimate of drug-likeness (QED) is 0.288. The minimum absolute atomic E-state index is 0.0803. The fourth-order valence-electron chi connectivity index (χ4n) is 2.79. The lowest BCUT2D eigenvalue weighted by atomic mass is 10.0. The first kappa shape index (κ1) is 22.8. The van der Waals surface area contributed by atoms with Gasteiger partial charge in [0.1, 0.15) is 4.92 Å². The van der Waals surface area contributed by atoms with Crippen LogP contribution in [0.1, 0.15) is 29.3 Å². The van der Waals surface area contributed by atoms with Crippen LogP contribution >= 0.6 is 0 Å². The van der Waals surface area contributed by atoms with E-state index in [0.29, 0.717) is 5.56 Å². The number of hydrogen-bond acceptors (Lipinski definition) is 7. The number of sulfonamides is 1. The summed E-state index contributed by atoms with van der Waals surface area (Å²) < 4.78 is 33.1. The van der Waals surface area contributed by atoms with Crippen LogP contribution < -0.4 is 10.1 Å². The van der Waals surface area contributed by atoms with E-state index in [4.69, 9.17) is 4.42 Å². The second-order valence-corrected chi connectivity index (χ2v) is 8.54. The third kappa shape index (κ3) is 6.09. The number of carbonyl (C=O) groups is 1. The average molecular weight is 456 g/mol. The van der Waals surface area contributed by atoms with Crippen molar-refractivity contribution in [2.24, 2.45) is 5.10 Å². The van der Waals surface area contributed by atoms with E-state index in [2.05, 4.69) is 15.2 Å². The topological polar surface area (TPSA) is 144 Å². The van der Waals surface area contributed by atoms with E-state index in [9.17, 15) is 23.3 Å². The fourth-order valence-corrected chi connectivity index (χ4v) is 4.02. The molecule has 0 bridgehead atoms. The van der Waals surface area contributed by atoms with Crippen molar-refractivity contribution in [3.8, 4) is 0 Å². The smallest absolute Gasteiger partial charge is 0.400 e. The van der Waals surface area contributed by atoms with E-state index in [0.717, 1.165) is 17.8 Å². The first-order valence-electron chi connectivity index (χ1n) is 9.45. The van der Waals surface area contributed by atoms with Gasteiger partial charge in [-0.15, -0.1) is 0 Å². The van der Waals surface area contributed by atoms with Crippen LogP contribution in [0.4, 0.5) is 5.88 Å². The highest BCUT2D eigenvalue weighted by molar-refractivity contribution is 7.89. The molecule has 0 fully saturated rings. The molecule has 1 amide bonds. The molecule has 1 atom stereocenters. The number of hydrogen-bond donors (Lipinski definition) is 2. The van der Waals surface area contributed by atoms with Gasteiger partial charge in [-0.25, -0.2) is 18.6 Å². The lowest BCUT2D eigenvalue weighted by Crippen LogP contribution is -2.32. The van der Waals surface area contributed by atoms with Crippen molar-refractivity contribution < 1.29 is 22.6 Å². The molecule has 0 spiro atoms. The number of furan rings is 1. The molecule has 166 valence electrons. The molecule has 0 saturated carbocycles. The monoisotopic (exact) mass is 456 g/mol. The van der Waals surface area contributed by atoms with E-state index in [1.807, 2.05) is 6.92 Å². The number of aryl methyl sites for hydroxylation is 1. The Kier molecular flexibility index (Phi) is 7.13.